The Morgan fingerprint density at radius 1 is 0.837 bits per heavy atom. The number of halogens is 1. The Hall–Kier alpha value is -5.68. The molecule has 2 heterocycles. The summed E-state index contributed by atoms with van der Waals surface area (Å²) < 4.78 is 38.6. The van der Waals surface area contributed by atoms with Gasteiger partial charge in [-0.25, -0.2) is 4.39 Å². The van der Waals surface area contributed by atoms with Gasteiger partial charge in [-0.1, -0.05) is 30.3 Å². The van der Waals surface area contributed by atoms with Crippen molar-refractivity contribution in [1.29, 1.82) is 0 Å². The molecule has 1 aliphatic heterocycles. The molecule has 0 atom stereocenters. The van der Waals surface area contributed by atoms with Crippen molar-refractivity contribution in [1.82, 2.24) is 15.6 Å². The van der Waals surface area contributed by atoms with Gasteiger partial charge in [0.15, 0.2) is 23.1 Å². The van der Waals surface area contributed by atoms with E-state index in [1.807, 2.05) is 54.6 Å². The maximum atomic E-state index is 15.2. The highest BCUT2D eigenvalue weighted by molar-refractivity contribution is 6.39. The number of hydrogen-bond acceptors (Lipinski definition) is 8. The van der Waals surface area contributed by atoms with Gasteiger partial charge in [0.1, 0.15) is 17.2 Å². The van der Waals surface area contributed by atoms with Crippen molar-refractivity contribution < 1.29 is 32.9 Å². The fraction of sp³-hybridized carbons (Fsp3) is 0.237. The largest absolute Gasteiger partial charge is 0.493 e. The van der Waals surface area contributed by atoms with E-state index in [0.29, 0.717) is 52.8 Å². The maximum absolute atomic E-state index is 15.2. The Balaban J connectivity index is 1.02. The first-order valence-corrected chi connectivity index (χ1v) is 16.1. The van der Waals surface area contributed by atoms with Crippen LogP contribution in [0.25, 0.3) is 10.9 Å². The lowest BCUT2D eigenvalue weighted by molar-refractivity contribution is -0.136. The Morgan fingerprint density at radius 3 is 2.37 bits per heavy atom. The molecule has 0 aliphatic carbocycles. The summed E-state index contributed by atoms with van der Waals surface area (Å²) in [5.74, 6) is 0.814. The highest BCUT2D eigenvalue weighted by Crippen LogP contribution is 2.38. The number of para-hydroxylation sites is 1. The van der Waals surface area contributed by atoms with Gasteiger partial charge in [0, 0.05) is 35.9 Å². The number of aromatic nitrogens is 1. The number of carbonyl (C=O) groups is 2. The summed E-state index contributed by atoms with van der Waals surface area (Å²) in [7, 11) is 1.56. The highest BCUT2D eigenvalue weighted by atomic mass is 19.1. The Labute approximate surface area is 283 Å². The van der Waals surface area contributed by atoms with Crippen molar-refractivity contribution >= 4 is 28.4 Å². The van der Waals surface area contributed by atoms with Crippen LogP contribution in [0.5, 0.6) is 34.5 Å². The zero-order valence-electron chi connectivity index (χ0n) is 27.0. The third kappa shape index (κ3) is 8.82. The summed E-state index contributed by atoms with van der Waals surface area (Å²) in [6.45, 7) is 2.78. The fourth-order valence-electron chi connectivity index (χ4n) is 5.46. The number of carbonyl (C=O) groups excluding carboxylic acids is 2. The third-order valence-electron chi connectivity index (χ3n) is 8.14. The summed E-state index contributed by atoms with van der Waals surface area (Å²) in [5, 5.41) is 8.99. The molecule has 0 bridgehead atoms. The van der Waals surface area contributed by atoms with Crippen LogP contribution in [0.3, 0.4) is 0 Å². The van der Waals surface area contributed by atoms with Gasteiger partial charge in [-0.3, -0.25) is 14.6 Å². The number of pyridine rings is 1. The molecule has 3 N–H and O–H groups in total. The van der Waals surface area contributed by atoms with Crippen LogP contribution in [0.2, 0.25) is 0 Å². The van der Waals surface area contributed by atoms with E-state index in [1.54, 1.807) is 31.5 Å². The SMILES string of the molecule is COc1cc2c(Oc3ccc(NC(=O)C(=O)NCCc4ccc(Oc5ccccc5)cc4)cc3F)ccnc2cc1OCC1CCNCC1. The standard InChI is InChI=1S/C38H37FN4O6/c1-46-35-22-30-32(23-36(35)47-24-26-13-17-40-18-14-26)41-20-16-33(30)49-34-12-9-27(21-31(34)39)43-38(45)37(44)42-19-15-25-7-10-29(11-8-25)48-28-5-3-2-4-6-28/h2-12,16,20-23,26,40H,13-15,17-19,24H2,1H3,(H,42,44)(H,43,45). The van der Waals surface area contributed by atoms with Crippen molar-refractivity contribution in [3.8, 4) is 34.5 Å². The molecule has 6 rings (SSSR count). The molecule has 0 saturated carbocycles. The van der Waals surface area contributed by atoms with E-state index in [0.717, 1.165) is 43.3 Å². The molecule has 11 heteroatoms. The third-order valence-corrected chi connectivity index (χ3v) is 8.14. The van der Waals surface area contributed by atoms with E-state index in [9.17, 15) is 9.59 Å². The molecule has 49 heavy (non-hydrogen) atoms. The maximum Gasteiger partial charge on any atom is 0.313 e. The Kier molecular flexibility index (Phi) is 10.8. The van der Waals surface area contributed by atoms with Crippen LogP contribution in [0, 0.1) is 11.7 Å². The van der Waals surface area contributed by atoms with Gasteiger partial charge in [0.05, 0.1) is 19.2 Å². The predicted octanol–water partition coefficient (Wildman–Crippen LogP) is 6.64. The quantitative estimate of drug-likeness (QED) is 0.127. The molecule has 5 aromatic rings. The molecule has 1 aromatic heterocycles. The number of anilines is 1. The molecule has 1 aliphatic rings. The van der Waals surface area contributed by atoms with Gasteiger partial charge in [-0.05, 0) is 92.4 Å². The molecule has 2 amide bonds. The summed E-state index contributed by atoms with van der Waals surface area (Å²) in [5.41, 5.74) is 1.67. The smallest absolute Gasteiger partial charge is 0.313 e. The normalized spacial score (nSPS) is 13.0. The van der Waals surface area contributed by atoms with E-state index < -0.39 is 17.6 Å². The number of methoxy groups -OCH3 is 1. The number of nitrogens with one attached hydrogen (secondary N) is 3. The first kappa shape index (κ1) is 33.2. The van der Waals surface area contributed by atoms with Crippen LogP contribution < -0.4 is 34.9 Å². The van der Waals surface area contributed by atoms with Crippen LogP contribution in [-0.2, 0) is 16.0 Å². The minimum atomic E-state index is -0.912. The van der Waals surface area contributed by atoms with Crippen molar-refractivity contribution in [3.05, 3.63) is 109 Å². The van der Waals surface area contributed by atoms with Crippen LogP contribution in [0.1, 0.15) is 18.4 Å². The zero-order chi connectivity index (χ0) is 34.0. The summed E-state index contributed by atoms with van der Waals surface area (Å²) in [6.07, 6.45) is 4.18. The second kappa shape index (κ2) is 15.9. The monoisotopic (exact) mass is 664 g/mol. The molecule has 4 aromatic carbocycles. The second-order valence-electron chi connectivity index (χ2n) is 11.6. The highest BCUT2D eigenvalue weighted by Gasteiger charge is 2.18. The minimum Gasteiger partial charge on any atom is -0.493 e. The van der Waals surface area contributed by atoms with Crippen molar-refractivity contribution in [2.75, 3.05) is 38.7 Å². The van der Waals surface area contributed by atoms with Crippen molar-refractivity contribution in [2.45, 2.75) is 19.3 Å². The molecular formula is C38H37FN4O6. The number of fused-ring (bicyclic) bond motifs is 1. The molecule has 1 saturated heterocycles. The number of ether oxygens (including phenoxy) is 4. The van der Waals surface area contributed by atoms with Crippen molar-refractivity contribution in [3.63, 3.8) is 0 Å². The van der Waals surface area contributed by atoms with E-state index >= 15 is 4.39 Å². The Morgan fingerprint density at radius 2 is 1.61 bits per heavy atom. The van der Waals surface area contributed by atoms with E-state index in [-0.39, 0.29) is 18.0 Å². The predicted molar refractivity (Wildman–Crippen MR) is 184 cm³/mol. The summed E-state index contributed by atoms with van der Waals surface area (Å²) in [6, 6.07) is 26.0. The number of amides is 2. The zero-order valence-corrected chi connectivity index (χ0v) is 27.0. The fourth-order valence-corrected chi connectivity index (χ4v) is 5.46. The lowest BCUT2D eigenvalue weighted by Gasteiger charge is -2.23. The van der Waals surface area contributed by atoms with Crippen LogP contribution in [0.4, 0.5) is 10.1 Å². The first-order chi connectivity index (χ1) is 23.9. The number of rotatable bonds is 12. The molecule has 0 spiro atoms. The number of nitrogens with zero attached hydrogens (tertiary/aromatic N) is 1. The van der Waals surface area contributed by atoms with Crippen LogP contribution in [-0.4, -0.2) is 50.1 Å². The molecular weight excluding hydrogens is 627 g/mol. The van der Waals surface area contributed by atoms with Gasteiger partial charge in [0.25, 0.3) is 0 Å². The van der Waals surface area contributed by atoms with Gasteiger partial charge in [-0.2, -0.15) is 0 Å². The number of benzene rings is 4. The molecule has 252 valence electrons. The molecule has 0 radical (unpaired) electrons. The average molecular weight is 665 g/mol. The van der Waals surface area contributed by atoms with Gasteiger partial charge < -0.3 is 34.9 Å². The number of piperidine rings is 1. The van der Waals surface area contributed by atoms with Gasteiger partial charge >= 0.3 is 11.8 Å². The second-order valence-corrected chi connectivity index (χ2v) is 11.6. The summed E-state index contributed by atoms with van der Waals surface area (Å²) >= 11 is 0. The average Bonchev–Trinajstić information content (AvgIpc) is 3.13. The van der Waals surface area contributed by atoms with Crippen molar-refractivity contribution in [2.24, 2.45) is 5.92 Å². The Bertz CT molecular complexity index is 1900. The van der Waals surface area contributed by atoms with Gasteiger partial charge in [-0.15, -0.1) is 0 Å². The molecule has 0 unspecified atom stereocenters. The van der Waals surface area contributed by atoms with Gasteiger partial charge in [0.2, 0.25) is 0 Å². The van der Waals surface area contributed by atoms with E-state index in [1.165, 1.54) is 12.1 Å². The van der Waals surface area contributed by atoms with E-state index in [2.05, 4.69) is 20.9 Å². The molecule has 10 nitrogen and oxygen atoms in total. The molecule has 1 fully saturated rings. The van der Waals surface area contributed by atoms with E-state index in [4.69, 9.17) is 18.9 Å². The topological polar surface area (TPSA) is 120 Å². The summed E-state index contributed by atoms with van der Waals surface area (Å²) in [4.78, 5) is 29.4. The lowest BCUT2D eigenvalue weighted by Crippen LogP contribution is -2.36. The minimum absolute atomic E-state index is 0.0691. The van der Waals surface area contributed by atoms with Crippen LogP contribution in [0.15, 0.2) is 97.2 Å². The van der Waals surface area contributed by atoms with Crippen LogP contribution >= 0.6 is 0 Å². The number of hydrogen-bond donors (Lipinski definition) is 3. The first-order valence-electron chi connectivity index (χ1n) is 16.1. The lowest BCUT2D eigenvalue weighted by atomic mass is 9.99.